The van der Waals surface area contributed by atoms with Crippen LogP contribution in [0.5, 0.6) is 46.0 Å². The topological polar surface area (TPSA) is 267 Å². The van der Waals surface area contributed by atoms with Gasteiger partial charge in [-0.05, 0) is 70.8 Å². The van der Waals surface area contributed by atoms with Crippen molar-refractivity contribution in [2.24, 2.45) is 0 Å². The van der Waals surface area contributed by atoms with Gasteiger partial charge in [-0.1, -0.05) is 24.3 Å². The molecule has 282 valence electrons. The molecule has 5 rings (SSSR count). The Morgan fingerprint density at radius 1 is 0.593 bits per heavy atom. The number of phenols is 8. The van der Waals surface area contributed by atoms with Crippen LogP contribution in [0.25, 0.3) is 6.08 Å². The predicted molar refractivity (Wildman–Crippen MR) is 184 cm³/mol. The number of phenolic OH excluding ortho intramolecular Hbond substituents is 8. The second-order valence-corrected chi connectivity index (χ2v) is 12.2. The molecule has 0 unspecified atom stereocenters. The highest BCUT2D eigenvalue weighted by molar-refractivity contribution is 6.01. The number of aromatic hydroxyl groups is 8. The van der Waals surface area contributed by atoms with Gasteiger partial charge in [-0.3, -0.25) is 4.79 Å². The Morgan fingerprint density at radius 2 is 1.07 bits per heavy atom. The van der Waals surface area contributed by atoms with E-state index >= 15 is 0 Å². The summed E-state index contributed by atoms with van der Waals surface area (Å²) >= 11 is 0. The molecule has 1 aliphatic carbocycles. The van der Waals surface area contributed by atoms with Crippen molar-refractivity contribution in [2.45, 2.75) is 36.9 Å². The summed E-state index contributed by atoms with van der Waals surface area (Å²) < 4.78 is 21.0. The van der Waals surface area contributed by atoms with Crippen LogP contribution in [0.4, 0.5) is 0 Å². The van der Waals surface area contributed by atoms with Gasteiger partial charge in [0.2, 0.25) is 12.2 Å². The zero-order chi connectivity index (χ0) is 39.4. The molecule has 16 nitrogen and oxygen atoms in total. The van der Waals surface area contributed by atoms with Crippen molar-refractivity contribution in [1.29, 1.82) is 0 Å². The Balaban J connectivity index is 1.63. The summed E-state index contributed by atoms with van der Waals surface area (Å²) in [4.78, 5) is 54.4. The molecule has 0 aliphatic heterocycles. The van der Waals surface area contributed by atoms with Crippen molar-refractivity contribution in [3.8, 4) is 46.0 Å². The lowest BCUT2D eigenvalue weighted by Gasteiger charge is -2.34. The van der Waals surface area contributed by atoms with Gasteiger partial charge in [0.15, 0.2) is 46.0 Å². The van der Waals surface area contributed by atoms with E-state index in [-0.39, 0.29) is 46.2 Å². The van der Waals surface area contributed by atoms with E-state index in [1.165, 1.54) is 30.3 Å². The average Bonchev–Trinajstić information content (AvgIpc) is 3.15. The highest BCUT2D eigenvalue weighted by Crippen LogP contribution is 2.52. The smallest absolute Gasteiger partial charge is 0.347 e. The van der Waals surface area contributed by atoms with Crippen molar-refractivity contribution in [3.05, 3.63) is 100 Å². The monoisotopic (exact) mass is 746 g/mol. The maximum atomic E-state index is 14.4. The minimum absolute atomic E-state index is 0.00500. The van der Waals surface area contributed by atoms with Crippen LogP contribution in [0, 0.1) is 0 Å². The largest absolute Gasteiger partial charge is 0.504 e. The first kappa shape index (κ1) is 38.1. The Morgan fingerprint density at radius 3 is 1.57 bits per heavy atom. The Bertz CT molecular complexity index is 2160. The minimum atomic E-state index is -1.81. The van der Waals surface area contributed by atoms with Crippen molar-refractivity contribution >= 4 is 30.0 Å². The molecular formula is C38H34O16. The molecule has 0 radical (unpaired) electrons. The molecule has 0 bridgehead atoms. The first-order chi connectivity index (χ1) is 25.6. The SMILES string of the molecule is COC(=O)[C@H](Cc1ccc(O)c(O)c1)OC(=O)C1=Cc2ccc(O)c(O)c2[C@@H](C(=O)O[C@@H](Cc2ccc(O)c(O)c2)C(=O)OC)[C@H]1c1ccc(O)c(O)c1. The third kappa shape index (κ3) is 7.86. The van der Waals surface area contributed by atoms with Crippen LogP contribution < -0.4 is 0 Å². The lowest BCUT2D eigenvalue weighted by atomic mass is 9.71. The first-order valence-electron chi connectivity index (χ1n) is 16.0. The van der Waals surface area contributed by atoms with Gasteiger partial charge in [0.1, 0.15) is 0 Å². The Hall–Kier alpha value is -7.10. The van der Waals surface area contributed by atoms with Crippen LogP contribution >= 0.6 is 0 Å². The van der Waals surface area contributed by atoms with Gasteiger partial charge >= 0.3 is 23.9 Å². The summed E-state index contributed by atoms with van der Waals surface area (Å²) in [5, 5.41) is 81.7. The maximum absolute atomic E-state index is 14.4. The lowest BCUT2D eigenvalue weighted by molar-refractivity contribution is -0.167. The number of hydrogen-bond donors (Lipinski definition) is 8. The van der Waals surface area contributed by atoms with E-state index in [2.05, 4.69) is 0 Å². The Kier molecular flexibility index (Phi) is 11.1. The quantitative estimate of drug-likeness (QED) is 0.0622. The number of ether oxygens (including phenoxy) is 4. The second kappa shape index (κ2) is 15.6. The molecular weight excluding hydrogens is 712 g/mol. The average molecular weight is 747 g/mol. The summed E-state index contributed by atoms with van der Waals surface area (Å²) in [5.74, 6) is -12.6. The molecule has 0 heterocycles. The number of methoxy groups -OCH3 is 2. The lowest BCUT2D eigenvalue weighted by Crippen LogP contribution is -2.37. The van der Waals surface area contributed by atoms with Gasteiger partial charge in [-0.15, -0.1) is 0 Å². The van der Waals surface area contributed by atoms with Crippen LogP contribution in [-0.4, -0.2) is 91.2 Å². The number of carbonyl (C=O) groups is 4. The first-order valence-corrected chi connectivity index (χ1v) is 16.0. The number of fused-ring (bicyclic) bond motifs is 1. The third-order valence-corrected chi connectivity index (χ3v) is 8.73. The standard InChI is InChI=1S/C38H34O16/c1-51-36(48)29(13-17-3-7-22(39)26(43)11-17)53-35(47)21-15-19-6-10-25(42)34(46)32(19)33(31(21)20-5-9-24(41)28(45)16-20)38(50)54-30(37(49)52-2)14-18-4-8-23(40)27(44)12-18/h3-12,15-16,29-31,33,39-46H,13-14H2,1-2H3/t29-,30-,31-,33-/m0/s1. The van der Waals surface area contributed by atoms with E-state index in [4.69, 9.17) is 18.9 Å². The molecule has 0 amide bonds. The van der Waals surface area contributed by atoms with Gasteiger partial charge in [0.05, 0.1) is 20.1 Å². The highest BCUT2D eigenvalue weighted by atomic mass is 16.6. The summed E-state index contributed by atoms with van der Waals surface area (Å²) in [6, 6.07) is 12.9. The molecule has 0 aromatic heterocycles. The van der Waals surface area contributed by atoms with Gasteiger partial charge < -0.3 is 59.8 Å². The summed E-state index contributed by atoms with van der Waals surface area (Å²) in [7, 11) is 2.06. The van der Waals surface area contributed by atoms with E-state index in [0.717, 1.165) is 56.7 Å². The molecule has 1 aliphatic rings. The van der Waals surface area contributed by atoms with Crippen molar-refractivity contribution < 1.29 is 79.0 Å². The van der Waals surface area contributed by atoms with Gasteiger partial charge in [-0.25, -0.2) is 14.4 Å². The van der Waals surface area contributed by atoms with E-state index in [1.807, 2.05) is 0 Å². The highest BCUT2D eigenvalue weighted by Gasteiger charge is 2.46. The second-order valence-electron chi connectivity index (χ2n) is 12.2. The predicted octanol–water partition coefficient (Wildman–Crippen LogP) is 3.25. The fourth-order valence-corrected chi connectivity index (χ4v) is 6.05. The summed E-state index contributed by atoms with van der Waals surface area (Å²) in [6.07, 6.45) is -2.91. The fraction of sp³-hybridized carbons (Fsp3) is 0.211. The molecule has 4 aromatic rings. The van der Waals surface area contributed by atoms with Crippen LogP contribution in [0.15, 0.2) is 72.3 Å². The molecule has 0 saturated carbocycles. The maximum Gasteiger partial charge on any atom is 0.347 e. The van der Waals surface area contributed by atoms with E-state index in [9.17, 15) is 60.0 Å². The van der Waals surface area contributed by atoms with Gasteiger partial charge in [-0.2, -0.15) is 0 Å². The molecule has 4 atom stereocenters. The van der Waals surface area contributed by atoms with Gasteiger partial charge in [0, 0.05) is 29.9 Å². The summed E-state index contributed by atoms with van der Waals surface area (Å²) in [6.45, 7) is 0. The minimum Gasteiger partial charge on any atom is -0.504 e. The fourth-order valence-electron chi connectivity index (χ4n) is 6.05. The normalized spacial score (nSPS) is 15.9. The van der Waals surface area contributed by atoms with Crippen LogP contribution in [0.2, 0.25) is 0 Å². The molecule has 0 spiro atoms. The number of rotatable bonds is 11. The molecule has 4 aromatic carbocycles. The van der Waals surface area contributed by atoms with Crippen molar-refractivity contribution in [1.82, 2.24) is 0 Å². The molecule has 16 heteroatoms. The van der Waals surface area contributed by atoms with Crippen LogP contribution in [-0.2, 0) is 51.0 Å². The number of benzene rings is 4. The number of carbonyl (C=O) groups excluding carboxylic acids is 4. The Labute approximate surface area is 305 Å². The van der Waals surface area contributed by atoms with Crippen molar-refractivity contribution in [2.75, 3.05) is 14.2 Å². The number of hydrogen-bond acceptors (Lipinski definition) is 16. The van der Waals surface area contributed by atoms with Crippen LogP contribution in [0.1, 0.15) is 39.7 Å². The molecule has 54 heavy (non-hydrogen) atoms. The van der Waals surface area contributed by atoms with E-state index in [0.29, 0.717) is 0 Å². The van der Waals surface area contributed by atoms with E-state index < -0.39 is 93.9 Å². The van der Waals surface area contributed by atoms with Crippen molar-refractivity contribution in [3.63, 3.8) is 0 Å². The van der Waals surface area contributed by atoms with Gasteiger partial charge in [0.25, 0.3) is 0 Å². The third-order valence-electron chi connectivity index (χ3n) is 8.73. The zero-order valence-electron chi connectivity index (χ0n) is 28.5. The molecule has 0 fully saturated rings. The zero-order valence-corrected chi connectivity index (χ0v) is 28.5. The van der Waals surface area contributed by atoms with E-state index in [1.54, 1.807) is 0 Å². The number of esters is 4. The summed E-state index contributed by atoms with van der Waals surface area (Å²) in [5.41, 5.74) is -0.217. The molecule has 8 N–H and O–H groups in total. The molecule has 0 saturated heterocycles. The van der Waals surface area contributed by atoms with Crippen LogP contribution in [0.3, 0.4) is 0 Å².